The van der Waals surface area contributed by atoms with Crippen LogP contribution >= 0.6 is 12.4 Å². The molecule has 0 aliphatic rings. The van der Waals surface area contributed by atoms with E-state index in [4.69, 9.17) is 5.73 Å². The molecule has 0 spiro atoms. The number of benzene rings is 1. The lowest BCUT2D eigenvalue weighted by atomic mass is 9.98. The van der Waals surface area contributed by atoms with Gasteiger partial charge in [-0.2, -0.15) is 0 Å². The summed E-state index contributed by atoms with van der Waals surface area (Å²) in [4.78, 5) is 0. The molecule has 0 aromatic heterocycles. The van der Waals surface area contributed by atoms with Crippen molar-refractivity contribution in [2.75, 3.05) is 0 Å². The standard InChI is InChI=1S/C10H13F2N.ClH/c1-6-8(7(2)13)4-3-5-9(6)10(11)12;/h3-5,7,10H,13H2,1-2H3;1H. The van der Waals surface area contributed by atoms with Crippen LogP contribution in [0.3, 0.4) is 0 Å². The molecule has 0 saturated carbocycles. The molecule has 14 heavy (non-hydrogen) atoms. The summed E-state index contributed by atoms with van der Waals surface area (Å²) in [6.45, 7) is 3.47. The van der Waals surface area contributed by atoms with Crippen LogP contribution < -0.4 is 5.73 Å². The SMILES string of the molecule is Cc1c(C(C)N)cccc1C(F)F.Cl. The van der Waals surface area contributed by atoms with Crippen LogP contribution in [0.15, 0.2) is 18.2 Å². The van der Waals surface area contributed by atoms with Gasteiger partial charge in [0.05, 0.1) is 0 Å². The molecule has 2 N–H and O–H groups in total. The monoisotopic (exact) mass is 221 g/mol. The minimum Gasteiger partial charge on any atom is -0.324 e. The van der Waals surface area contributed by atoms with E-state index in [-0.39, 0.29) is 24.0 Å². The molecule has 0 aliphatic heterocycles. The molecule has 1 nitrogen and oxygen atoms in total. The van der Waals surface area contributed by atoms with Crippen molar-refractivity contribution in [2.45, 2.75) is 26.3 Å². The second-order valence-corrected chi connectivity index (χ2v) is 3.15. The predicted octanol–water partition coefficient (Wildman–Crippen LogP) is 3.37. The van der Waals surface area contributed by atoms with Gasteiger partial charge < -0.3 is 5.73 Å². The van der Waals surface area contributed by atoms with Gasteiger partial charge in [-0.1, -0.05) is 18.2 Å². The van der Waals surface area contributed by atoms with Gasteiger partial charge in [0.2, 0.25) is 0 Å². The first-order valence-electron chi connectivity index (χ1n) is 4.17. The summed E-state index contributed by atoms with van der Waals surface area (Å²) in [7, 11) is 0. The molecule has 0 fully saturated rings. The molecule has 80 valence electrons. The maximum Gasteiger partial charge on any atom is 0.264 e. The van der Waals surface area contributed by atoms with Crippen molar-refractivity contribution < 1.29 is 8.78 Å². The highest BCUT2D eigenvalue weighted by Crippen LogP contribution is 2.26. The van der Waals surface area contributed by atoms with Crippen molar-refractivity contribution in [1.82, 2.24) is 0 Å². The van der Waals surface area contributed by atoms with Gasteiger partial charge in [-0.3, -0.25) is 0 Å². The number of nitrogens with two attached hydrogens (primary N) is 1. The highest BCUT2D eigenvalue weighted by atomic mass is 35.5. The van der Waals surface area contributed by atoms with Crippen LogP contribution in [-0.2, 0) is 0 Å². The zero-order valence-corrected chi connectivity index (χ0v) is 8.94. The molecular formula is C10H14ClF2N. The highest BCUT2D eigenvalue weighted by molar-refractivity contribution is 5.85. The zero-order valence-electron chi connectivity index (χ0n) is 8.13. The average molecular weight is 222 g/mol. The third-order valence-corrected chi connectivity index (χ3v) is 2.14. The first kappa shape index (κ1) is 13.3. The Kier molecular flexibility index (Phi) is 5.02. The molecule has 0 heterocycles. The Morgan fingerprint density at radius 1 is 1.21 bits per heavy atom. The topological polar surface area (TPSA) is 26.0 Å². The van der Waals surface area contributed by atoms with Gasteiger partial charge >= 0.3 is 0 Å². The highest BCUT2D eigenvalue weighted by Gasteiger charge is 2.13. The van der Waals surface area contributed by atoms with Crippen molar-refractivity contribution in [3.8, 4) is 0 Å². The maximum absolute atomic E-state index is 12.4. The van der Waals surface area contributed by atoms with Gasteiger partial charge in [-0.05, 0) is 25.0 Å². The summed E-state index contributed by atoms with van der Waals surface area (Å²) >= 11 is 0. The summed E-state index contributed by atoms with van der Waals surface area (Å²) in [5.74, 6) is 0. The van der Waals surface area contributed by atoms with E-state index in [0.29, 0.717) is 5.56 Å². The van der Waals surface area contributed by atoms with E-state index in [2.05, 4.69) is 0 Å². The second kappa shape index (κ2) is 5.27. The van der Waals surface area contributed by atoms with Gasteiger partial charge in [0.25, 0.3) is 6.43 Å². The first-order valence-corrected chi connectivity index (χ1v) is 4.17. The predicted molar refractivity (Wildman–Crippen MR) is 56.0 cm³/mol. The van der Waals surface area contributed by atoms with E-state index in [1.54, 1.807) is 26.0 Å². The van der Waals surface area contributed by atoms with Gasteiger partial charge in [0.15, 0.2) is 0 Å². The number of hydrogen-bond donors (Lipinski definition) is 1. The molecule has 0 aliphatic carbocycles. The molecule has 1 aromatic carbocycles. The Balaban J connectivity index is 0.00000169. The van der Waals surface area contributed by atoms with Crippen molar-refractivity contribution in [2.24, 2.45) is 5.73 Å². The van der Waals surface area contributed by atoms with Crippen LogP contribution in [0.4, 0.5) is 8.78 Å². The number of halogens is 3. The molecule has 1 atom stereocenters. The first-order chi connectivity index (χ1) is 6.04. The third-order valence-electron chi connectivity index (χ3n) is 2.14. The van der Waals surface area contributed by atoms with Crippen molar-refractivity contribution in [1.29, 1.82) is 0 Å². The van der Waals surface area contributed by atoms with Crippen molar-refractivity contribution in [3.05, 3.63) is 34.9 Å². The Morgan fingerprint density at radius 3 is 2.14 bits per heavy atom. The quantitative estimate of drug-likeness (QED) is 0.814. The summed E-state index contributed by atoms with van der Waals surface area (Å²) in [6, 6.07) is 4.64. The molecule has 1 unspecified atom stereocenters. The van der Waals surface area contributed by atoms with E-state index < -0.39 is 6.43 Å². The number of hydrogen-bond acceptors (Lipinski definition) is 1. The summed E-state index contributed by atoms with van der Waals surface area (Å²) in [6.07, 6.45) is -2.42. The number of rotatable bonds is 2. The summed E-state index contributed by atoms with van der Waals surface area (Å²) in [5, 5.41) is 0. The van der Waals surface area contributed by atoms with E-state index in [0.717, 1.165) is 5.56 Å². The van der Waals surface area contributed by atoms with Crippen LogP contribution in [0.25, 0.3) is 0 Å². The fraction of sp³-hybridized carbons (Fsp3) is 0.400. The summed E-state index contributed by atoms with van der Waals surface area (Å²) < 4.78 is 24.9. The third kappa shape index (κ3) is 2.66. The Bertz CT molecular complexity index is 274. The fourth-order valence-corrected chi connectivity index (χ4v) is 1.40. The largest absolute Gasteiger partial charge is 0.324 e. The fourth-order valence-electron chi connectivity index (χ4n) is 1.40. The molecule has 1 aromatic rings. The van der Waals surface area contributed by atoms with E-state index in [1.165, 1.54) is 6.07 Å². The van der Waals surface area contributed by atoms with Crippen molar-refractivity contribution >= 4 is 12.4 Å². The Labute approximate surface area is 88.7 Å². The Morgan fingerprint density at radius 2 is 1.71 bits per heavy atom. The van der Waals surface area contributed by atoms with Gasteiger partial charge in [-0.15, -0.1) is 12.4 Å². The van der Waals surface area contributed by atoms with E-state index >= 15 is 0 Å². The molecule has 4 heteroatoms. The lowest BCUT2D eigenvalue weighted by Crippen LogP contribution is -2.08. The zero-order chi connectivity index (χ0) is 10.0. The van der Waals surface area contributed by atoms with Crippen LogP contribution in [-0.4, -0.2) is 0 Å². The molecule has 0 radical (unpaired) electrons. The molecule has 1 rings (SSSR count). The molecule has 0 saturated heterocycles. The molecular weight excluding hydrogens is 208 g/mol. The van der Waals surface area contributed by atoms with E-state index in [9.17, 15) is 8.78 Å². The number of alkyl halides is 2. The van der Waals surface area contributed by atoms with Crippen LogP contribution in [0, 0.1) is 6.92 Å². The second-order valence-electron chi connectivity index (χ2n) is 3.15. The minimum atomic E-state index is -2.42. The average Bonchev–Trinajstić information content (AvgIpc) is 2.03. The molecule has 0 amide bonds. The Hall–Kier alpha value is -0.670. The maximum atomic E-state index is 12.4. The minimum absolute atomic E-state index is 0. The van der Waals surface area contributed by atoms with Gasteiger partial charge in [-0.25, -0.2) is 8.78 Å². The van der Waals surface area contributed by atoms with Crippen LogP contribution in [0.5, 0.6) is 0 Å². The lowest BCUT2D eigenvalue weighted by Gasteiger charge is -2.13. The van der Waals surface area contributed by atoms with Gasteiger partial charge in [0, 0.05) is 11.6 Å². The molecule has 0 bridgehead atoms. The smallest absolute Gasteiger partial charge is 0.264 e. The van der Waals surface area contributed by atoms with Crippen LogP contribution in [0.2, 0.25) is 0 Å². The summed E-state index contributed by atoms with van der Waals surface area (Å²) in [5.41, 5.74) is 7.11. The van der Waals surface area contributed by atoms with Gasteiger partial charge in [0.1, 0.15) is 0 Å². The van der Waals surface area contributed by atoms with E-state index in [1.807, 2.05) is 0 Å². The lowest BCUT2D eigenvalue weighted by molar-refractivity contribution is 0.150. The normalized spacial score (nSPS) is 12.4. The van der Waals surface area contributed by atoms with Crippen LogP contribution in [0.1, 0.15) is 36.1 Å². The van der Waals surface area contributed by atoms with Crippen molar-refractivity contribution in [3.63, 3.8) is 0 Å².